The molecule has 4 aliphatic rings. The summed E-state index contributed by atoms with van der Waals surface area (Å²) < 4.78 is 45.1. The number of carbonyl (C=O) groups excluding carboxylic acids is 2. The van der Waals surface area contributed by atoms with Gasteiger partial charge in [0.05, 0.1) is 6.61 Å². The summed E-state index contributed by atoms with van der Waals surface area (Å²) in [6, 6.07) is 12.8. The molecule has 4 unspecified atom stereocenters. The van der Waals surface area contributed by atoms with Crippen LogP contribution in [-0.2, 0) is 14.2 Å². The van der Waals surface area contributed by atoms with Crippen LogP contribution in [0.2, 0.25) is 0 Å². The first-order chi connectivity index (χ1) is 20.5. The molecule has 226 valence electrons. The number of likely N-dealkylation sites (tertiary alicyclic amines) is 1. The van der Waals surface area contributed by atoms with Crippen molar-refractivity contribution in [1.82, 2.24) is 15.1 Å². The molecule has 0 aromatic heterocycles. The van der Waals surface area contributed by atoms with Crippen LogP contribution in [0.15, 0.2) is 48.5 Å². The Hall–Kier alpha value is -3.08. The number of nitrogens with one attached hydrogen (secondary N) is 1. The van der Waals surface area contributed by atoms with E-state index in [4.69, 9.17) is 14.2 Å². The zero-order valence-electron chi connectivity index (χ0n) is 23.8. The molecule has 10 heteroatoms. The quantitative estimate of drug-likeness (QED) is 0.439. The van der Waals surface area contributed by atoms with Crippen molar-refractivity contribution in [3.8, 4) is 0 Å². The molecule has 1 saturated carbocycles. The zero-order chi connectivity index (χ0) is 29.1. The lowest BCUT2D eigenvalue weighted by Crippen LogP contribution is -2.48. The highest BCUT2D eigenvalue weighted by molar-refractivity contribution is 5.93. The minimum atomic E-state index is -1.06. The molecule has 0 radical (unpaired) electrons. The Morgan fingerprint density at radius 2 is 1.76 bits per heavy atom. The van der Waals surface area contributed by atoms with E-state index in [-0.39, 0.29) is 18.2 Å². The number of ether oxygens (including phenoxy) is 3. The number of nitrogens with zero attached hydrogens (tertiary/aromatic N) is 2. The summed E-state index contributed by atoms with van der Waals surface area (Å²) in [4.78, 5) is 30.0. The number of hydrogen-bond donors (Lipinski definition) is 1. The van der Waals surface area contributed by atoms with E-state index in [0.29, 0.717) is 31.5 Å². The summed E-state index contributed by atoms with van der Waals surface area (Å²) in [7, 11) is 0. The van der Waals surface area contributed by atoms with E-state index in [1.807, 2.05) is 0 Å². The van der Waals surface area contributed by atoms with Gasteiger partial charge in [-0.3, -0.25) is 4.90 Å². The Kier molecular flexibility index (Phi) is 9.02. The fourth-order valence-electron chi connectivity index (χ4n) is 6.95. The number of benzene rings is 2. The van der Waals surface area contributed by atoms with Crippen molar-refractivity contribution >= 4 is 12.1 Å². The number of cyclic esters (lactones) is 1. The van der Waals surface area contributed by atoms with Crippen LogP contribution < -0.4 is 5.32 Å². The molecule has 3 heterocycles. The summed E-state index contributed by atoms with van der Waals surface area (Å²) >= 11 is 0. The highest BCUT2D eigenvalue weighted by Gasteiger charge is 2.48. The van der Waals surface area contributed by atoms with E-state index in [2.05, 4.69) is 40.5 Å². The topological polar surface area (TPSA) is 80.3 Å². The first kappa shape index (κ1) is 29.0. The van der Waals surface area contributed by atoms with Crippen molar-refractivity contribution in [3.63, 3.8) is 0 Å². The van der Waals surface area contributed by atoms with Gasteiger partial charge in [0.25, 0.3) is 0 Å². The molecule has 1 aliphatic carbocycles. The third-order valence-electron chi connectivity index (χ3n) is 9.20. The van der Waals surface area contributed by atoms with Crippen molar-refractivity contribution in [2.24, 2.45) is 0 Å². The number of amides is 3. The van der Waals surface area contributed by atoms with Gasteiger partial charge >= 0.3 is 12.1 Å². The molecule has 8 nitrogen and oxygen atoms in total. The molecule has 0 bridgehead atoms. The maximum absolute atomic E-state index is 14.3. The van der Waals surface area contributed by atoms with E-state index in [9.17, 15) is 18.4 Å². The molecule has 2 aromatic carbocycles. The Morgan fingerprint density at radius 3 is 2.50 bits per heavy atom. The average Bonchev–Trinajstić information content (AvgIpc) is 3.62. The van der Waals surface area contributed by atoms with Gasteiger partial charge in [0, 0.05) is 31.8 Å². The molecule has 3 amide bonds. The number of carbonyl (C=O) groups is 2. The number of urea groups is 1. The highest BCUT2D eigenvalue weighted by atomic mass is 19.2. The van der Waals surface area contributed by atoms with Crippen molar-refractivity contribution in [2.45, 2.75) is 87.8 Å². The van der Waals surface area contributed by atoms with E-state index in [1.165, 1.54) is 11.6 Å². The van der Waals surface area contributed by atoms with Crippen molar-refractivity contribution < 1.29 is 32.6 Å². The van der Waals surface area contributed by atoms with E-state index < -0.39 is 42.2 Å². The molecular formula is C32H39F2N3O5. The van der Waals surface area contributed by atoms with Crippen LogP contribution in [0.25, 0.3) is 0 Å². The second kappa shape index (κ2) is 13.1. The second-order valence-corrected chi connectivity index (χ2v) is 11.9. The van der Waals surface area contributed by atoms with Gasteiger partial charge in [-0.1, -0.05) is 36.4 Å². The molecule has 1 N–H and O–H groups in total. The molecular weight excluding hydrogens is 544 g/mol. The number of imide groups is 1. The molecule has 42 heavy (non-hydrogen) atoms. The molecule has 4 atom stereocenters. The number of halogens is 2. The first-order valence-corrected chi connectivity index (χ1v) is 15.2. The molecule has 4 fully saturated rings. The van der Waals surface area contributed by atoms with Crippen LogP contribution >= 0.6 is 0 Å². The van der Waals surface area contributed by atoms with Crippen LogP contribution in [0.1, 0.15) is 74.5 Å². The summed E-state index contributed by atoms with van der Waals surface area (Å²) in [5, 5.41) is 3.02. The lowest BCUT2D eigenvalue weighted by Gasteiger charge is -2.35. The summed E-state index contributed by atoms with van der Waals surface area (Å²) in [5.41, 5.74) is 1.67. The Balaban J connectivity index is 1.08. The summed E-state index contributed by atoms with van der Waals surface area (Å²) in [6.07, 6.45) is 5.76. The fourth-order valence-corrected chi connectivity index (χ4v) is 6.95. The number of hydrogen-bond acceptors (Lipinski definition) is 6. The molecule has 3 saturated heterocycles. The Labute approximate surface area is 245 Å². The monoisotopic (exact) mass is 583 g/mol. The van der Waals surface area contributed by atoms with Gasteiger partial charge in [-0.15, -0.1) is 0 Å². The van der Waals surface area contributed by atoms with Crippen LogP contribution in [0.4, 0.5) is 18.4 Å². The molecule has 2 aromatic rings. The third kappa shape index (κ3) is 6.45. The molecule has 3 aliphatic heterocycles. The SMILES string of the molecule is O=C(NC1CCN(C2CCC(c3ccccc3)CC2)C1)N1C(=O)OC(COC2CCCCO2)C1c1ccc(F)c(F)c1. The normalized spacial score (nSPS) is 30.3. The van der Waals surface area contributed by atoms with Gasteiger partial charge in [-0.2, -0.15) is 0 Å². The lowest BCUT2D eigenvalue weighted by atomic mass is 9.81. The zero-order valence-corrected chi connectivity index (χ0v) is 23.8. The van der Waals surface area contributed by atoms with Crippen molar-refractivity contribution in [1.29, 1.82) is 0 Å². The maximum atomic E-state index is 14.3. The predicted molar refractivity (Wildman–Crippen MR) is 151 cm³/mol. The first-order valence-electron chi connectivity index (χ1n) is 15.2. The highest BCUT2D eigenvalue weighted by Crippen LogP contribution is 2.37. The average molecular weight is 584 g/mol. The Bertz CT molecular complexity index is 1240. The van der Waals surface area contributed by atoms with Gasteiger partial charge < -0.3 is 19.5 Å². The fraction of sp³-hybridized carbons (Fsp3) is 0.562. The molecule has 6 rings (SSSR count). The van der Waals surface area contributed by atoms with Crippen LogP contribution in [-0.4, -0.2) is 72.7 Å². The minimum absolute atomic E-state index is 0.0350. The predicted octanol–water partition coefficient (Wildman–Crippen LogP) is 5.88. The van der Waals surface area contributed by atoms with Crippen molar-refractivity contribution in [3.05, 3.63) is 71.3 Å². The van der Waals surface area contributed by atoms with E-state index >= 15 is 0 Å². The third-order valence-corrected chi connectivity index (χ3v) is 9.20. The van der Waals surface area contributed by atoms with Gasteiger partial charge in [0.1, 0.15) is 6.04 Å². The van der Waals surface area contributed by atoms with Gasteiger partial charge in [-0.25, -0.2) is 23.3 Å². The van der Waals surface area contributed by atoms with Crippen LogP contribution in [0.5, 0.6) is 0 Å². The lowest BCUT2D eigenvalue weighted by molar-refractivity contribution is -0.174. The largest absolute Gasteiger partial charge is 0.441 e. The standard InChI is InChI=1S/C32H39F2N3O5/c33-26-14-11-23(18-27(26)34)30-28(20-41-29-8-4-5-17-40-29)42-32(39)37(30)31(38)35-24-15-16-36(19-24)25-12-9-22(10-13-25)21-6-2-1-3-7-21/h1-3,6-7,11,14,18,22,24-25,28-30H,4-5,8-10,12-13,15-17,19-20H2,(H,35,38). The summed E-state index contributed by atoms with van der Waals surface area (Å²) in [5.74, 6) is -1.47. The van der Waals surface area contributed by atoms with E-state index in [1.54, 1.807) is 0 Å². The Morgan fingerprint density at radius 1 is 0.952 bits per heavy atom. The van der Waals surface area contributed by atoms with Crippen LogP contribution in [0, 0.1) is 11.6 Å². The summed E-state index contributed by atoms with van der Waals surface area (Å²) in [6.45, 7) is 2.13. The minimum Gasteiger partial charge on any atom is -0.441 e. The second-order valence-electron chi connectivity index (χ2n) is 11.9. The smallest absolute Gasteiger partial charge is 0.419 e. The number of rotatable bonds is 7. The van der Waals surface area contributed by atoms with Gasteiger partial charge in [0.15, 0.2) is 24.0 Å². The maximum Gasteiger partial charge on any atom is 0.419 e. The van der Waals surface area contributed by atoms with Crippen LogP contribution in [0.3, 0.4) is 0 Å². The van der Waals surface area contributed by atoms with E-state index in [0.717, 1.165) is 68.5 Å². The molecule has 0 spiro atoms. The van der Waals surface area contributed by atoms with Crippen molar-refractivity contribution in [2.75, 3.05) is 26.3 Å². The van der Waals surface area contributed by atoms with Gasteiger partial charge in [0.2, 0.25) is 0 Å². The van der Waals surface area contributed by atoms with Gasteiger partial charge in [-0.05, 0) is 80.5 Å².